The molecule has 96 valence electrons. The van der Waals surface area contributed by atoms with Crippen LogP contribution in [-0.4, -0.2) is 31.2 Å². The van der Waals surface area contributed by atoms with Crippen molar-refractivity contribution < 1.29 is 4.74 Å². The normalized spacial score (nSPS) is 21.5. The number of rotatable bonds is 3. The molecular formula is C15H19NOS. The average Bonchev–Trinajstić information content (AvgIpc) is 2.81. The van der Waals surface area contributed by atoms with Crippen molar-refractivity contribution in [3.8, 4) is 0 Å². The zero-order valence-electron chi connectivity index (χ0n) is 10.8. The maximum atomic E-state index is 5.48. The number of hydrogen-bond acceptors (Lipinski definition) is 3. The molecular weight excluding hydrogens is 242 g/mol. The van der Waals surface area contributed by atoms with Crippen LogP contribution >= 0.6 is 11.3 Å². The highest BCUT2D eigenvalue weighted by Crippen LogP contribution is 2.27. The van der Waals surface area contributed by atoms with Gasteiger partial charge in [0.1, 0.15) is 0 Å². The molecule has 1 fully saturated rings. The van der Waals surface area contributed by atoms with Crippen LogP contribution in [0.3, 0.4) is 0 Å². The number of fused-ring (bicyclic) bond motifs is 1. The van der Waals surface area contributed by atoms with Gasteiger partial charge in [-0.3, -0.25) is 4.90 Å². The van der Waals surface area contributed by atoms with Crippen molar-refractivity contribution >= 4 is 21.4 Å². The predicted molar refractivity (Wildman–Crippen MR) is 77.1 cm³/mol. The van der Waals surface area contributed by atoms with E-state index in [0.29, 0.717) is 6.10 Å². The molecule has 18 heavy (non-hydrogen) atoms. The van der Waals surface area contributed by atoms with Crippen LogP contribution in [0.1, 0.15) is 17.7 Å². The quantitative estimate of drug-likeness (QED) is 0.838. The predicted octanol–water partition coefficient (Wildman–Crippen LogP) is 3.51. The molecule has 1 aliphatic rings. The highest BCUT2D eigenvalue weighted by atomic mass is 32.1. The molecule has 0 N–H and O–H groups in total. The molecule has 0 spiro atoms. The van der Waals surface area contributed by atoms with Crippen LogP contribution in [0.25, 0.3) is 10.1 Å². The van der Waals surface area contributed by atoms with Gasteiger partial charge in [0.15, 0.2) is 0 Å². The van der Waals surface area contributed by atoms with Crippen molar-refractivity contribution in [1.29, 1.82) is 0 Å². The van der Waals surface area contributed by atoms with Gasteiger partial charge in [0, 0.05) is 29.8 Å². The van der Waals surface area contributed by atoms with Crippen molar-refractivity contribution in [2.45, 2.75) is 25.5 Å². The van der Waals surface area contributed by atoms with E-state index in [-0.39, 0.29) is 0 Å². The van der Waals surface area contributed by atoms with Crippen molar-refractivity contribution in [1.82, 2.24) is 4.90 Å². The summed E-state index contributed by atoms with van der Waals surface area (Å²) >= 11 is 1.92. The first-order chi connectivity index (χ1) is 8.85. The first-order valence-corrected chi connectivity index (χ1v) is 7.39. The summed E-state index contributed by atoms with van der Waals surface area (Å²) in [6.07, 6.45) is 2.89. The Labute approximate surface area is 112 Å². The molecule has 3 heteroatoms. The molecule has 2 aromatic rings. The van der Waals surface area contributed by atoms with Gasteiger partial charge in [-0.05, 0) is 36.9 Å². The third kappa shape index (κ3) is 2.58. The minimum absolute atomic E-state index is 0.424. The Morgan fingerprint density at radius 3 is 3.11 bits per heavy atom. The Kier molecular flexibility index (Phi) is 3.64. The monoisotopic (exact) mass is 261 g/mol. The van der Waals surface area contributed by atoms with E-state index in [1.54, 1.807) is 0 Å². The Morgan fingerprint density at radius 1 is 1.39 bits per heavy atom. The van der Waals surface area contributed by atoms with Gasteiger partial charge in [0.2, 0.25) is 0 Å². The maximum absolute atomic E-state index is 5.48. The van der Waals surface area contributed by atoms with Crippen LogP contribution < -0.4 is 0 Å². The van der Waals surface area contributed by atoms with Gasteiger partial charge in [-0.2, -0.15) is 0 Å². The van der Waals surface area contributed by atoms with Crippen LogP contribution in [-0.2, 0) is 11.3 Å². The molecule has 0 aliphatic carbocycles. The van der Waals surface area contributed by atoms with Gasteiger partial charge < -0.3 is 4.74 Å². The van der Waals surface area contributed by atoms with Crippen molar-refractivity contribution in [3.05, 3.63) is 35.2 Å². The summed E-state index contributed by atoms with van der Waals surface area (Å²) in [5.74, 6) is 0. The first-order valence-electron chi connectivity index (χ1n) is 6.58. The zero-order valence-corrected chi connectivity index (χ0v) is 11.6. The van der Waals surface area contributed by atoms with E-state index in [1.165, 1.54) is 34.3 Å². The van der Waals surface area contributed by atoms with Crippen molar-refractivity contribution in [2.75, 3.05) is 20.2 Å². The highest BCUT2D eigenvalue weighted by Gasteiger charge is 2.19. The number of nitrogens with zero attached hydrogens (tertiary/aromatic N) is 1. The van der Waals surface area contributed by atoms with Crippen molar-refractivity contribution in [2.24, 2.45) is 0 Å². The van der Waals surface area contributed by atoms with Crippen LogP contribution in [0.4, 0.5) is 0 Å². The number of benzene rings is 1. The summed E-state index contributed by atoms with van der Waals surface area (Å²) in [6, 6.07) is 11.0. The molecule has 1 aromatic heterocycles. The fourth-order valence-electron chi connectivity index (χ4n) is 2.68. The van der Waals surface area contributed by atoms with Gasteiger partial charge in [0.25, 0.3) is 0 Å². The summed E-state index contributed by atoms with van der Waals surface area (Å²) < 4.78 is 6.88. The molecule has 1 aliphatic heterocycles. The van der Waals surface area contributed by atoms with Crippen LogP contribution in [0.5, 0.6) is 0 Å². The number of ether oxygens (including phenoxy) is 1. The summed E-state index contributed by atoms with van der Waals surface area (Å²) in [5, 5.41) is 1.37. The molecule has 1 saturated heterocycles. The molecule has 1 aromatic carbocycles. The topological polar surface area (TPSA) is 12.5 Å². The van der Waals surface area contributed by atoms with E-state index in [9.17, 15) is 0 Å². The molecule has 1 atom stereocenters. The number of methoxy groups -OCH3 is 1. The largest absolute Gasteiger partial charge is 0.380 e. The van der Waals surface area contributed by atoms with Crippen LogP contribution in [0.2, 0.25) is 0 Å². The molecule has 0 saturated carbocycles. The second-order valence-electron chi connectivity index (χ2n) is 4.99. The van der Waals surface area contributed by atoms with Crippen molar-refractivity contribution in [3.63, 3.8) is 0 Å². The molecule has 0 bridgehead atoms. The molecule has 3 rings (SSSR count). The Hall–Kier alpha value is -0.900. The lowest BCUT2D eigenvalue weighted by atomic mass is 10.1. The molecule has 1 unspecified atom stereocenters. The smallest absolute Gasteiger partial charge is 0.0698 e. The van der Waals surface area contributed by atoms with Gasteiger partial charge in [-0.15, -0.1) is 11.3 Å². The zero-order chi connectivity index (χ0) is 12.4. The van der Waals surface area contributed by atoms with Gasteiger partial charge in [-0.25, -0.2) is 0 Å². The summed E-state index contributed by atoms with van der Waals surface area (Å²) in [6.45, 7) is 3.35. The summed E-state index contributed by atoms with van der Waals surface area (Å²) in [5.41, 5.74) is 0. The van der Waals surface area contributed by atoms with E-state index in [0.717, 1.165) is 13.1 Å². The fourth-order valence-corrected chi connectivity index (χ4v) is 3.79. The third-order valence-electron chi connectivity index (χ3n) is 3.65. The van der Waals surface area contributed by atoms with E-state index >= 15 is 0 Å². The molecule has 2 heterocycles. The SMILES string of the molecule is COC1CCCN(Cc2cc3ccccc3s2)C1. The number of hydrogen-bond donors (Lipinski definition) is 0. The second kappa shape index (κ2) is 5.39. The van der Waals surface area contributed by atoms with Crippen LogP contribution in [0.15, 0.2) is 30.3 Å². The van der Waals surface area contributed by atoms with E-state index in [2.05, 4.69) is 35.2 Å². The Morgan fingerprint density at radius 2 is 2.28 bits per heavy atom. The summed E-state index contributed by atoms with van der Waals surface area (Å²) in [4.78, 5) is 3.98. The summed E-state index contributed by atoms with van der Waals surface area (Å²) in [7, 11) is 1.83. The Balaban J connectivity index is 1.71. The lowest BCUT2D eigenvalue weighted by molar-refractivity contribution is 0.0289. The second-order valence-corrected chi connectivity index (χ2v) is 6.15. The minimum atomic E-state index is 0.424. The fraction of sp³-hybridized carbons (Fsp3) is 0.467. The first kappa shape index (κ1) is 12.2. The lowest BCUT2D eigenvalue weighted by Crippen LogP contribution is -2.38. The lowest BCUT2D eigenvalue weighted by Gasteiger charge is -2.31. The standard InChI is InChI=1S/C15H19NOS/c1-17-13-6-4-8-16(10-13)11-14-9-12-5-2-3-7-15(12)18-14/h2-3,5,7,9,13H,4,6,8,10-11H2,1H3. The highest BCUT2D eigenvalue weighted by molar-refractivity contribution is 7.19. The minimum Gasteiger partial charge on any atom is -0.380 e. The van der Waals surface area contributed by atoms with Gasteiger partial charge >= 0.3 is 0 Å². The molecule has 2 nitrogen and oxygen atoms in total. The maximum Gasteiger partial charge on any atom is 0.0698 e. The molecule has 0 radical (unpaired) electrons. The molecule has 0 amide bonds. The van der Waals surface area contributed by atoms with E-state index in [4.69, 9.17) is 4.74 Å². The number of piperidine rings is 1. The van der Waals surface area contributed by atoms with Gasteiger partial charge in [-0.1, -0.05) is 18.2 Å². The third-order valence-corrected chi connectivity index (χ3v) is 4.75. The Bertz CT molecular complexity index is 489. The number of thiophene rings is 1. The van der Waals surface area contributed by atoms with Gasteiger partial charge in [0.05, 0.1) is 6.10 Å². The van der Waals surface area contributed by atoms with Crippen LogP contribution in [0, 0.1) is 0 Å². The number of likely N-dealkylation sites (tertiary alicyclic amines) is 1. The van der Waals surface area contributed by atoms with E-state index < -0.39 is 0 Å². The van der Waals surface area contributed by atoms with E-state index in [1.807, 2.05) is 18.4 Å². The average molecular weight is 261 g/mol.